The van der Waals surface area contributed by atoms with Crippen molar-refractivity contribution in [3.63, 3.8) is 0 Å². The second-order valence-electron chi connectivity index (χ2n) is 4.84. The Balaban J connectivity index is 2.10. The van der Waals surface area contributed by atoms with Crippen molar-refractivity contribution in [1.82, 2.24) is 9.97 Å². The molecule has 3 rings (SSSR count). The second-order valence-corrected chi connectivity index (χ2v) is 4.84. The zero-order valence-electron chi connectivity index (χ0n) is 11.7. The molecular formula is C17H10F4N2. The Morgan fingerprint density at radius 2 is 1.52 bits per heavy atom. The molecule has 116 valence electrons. The van der Waals surface area contributed by atoms with Crippen LogP contribution in [0.2, 0.25) is 0 Å². The monoisotopic (exact) mass is 318 g/mol. The van der Waals surface area contributed by atoms with E-state index in [1.165, 1.54) is 30.7 Å². The molecule has 6 heteroatoms. The van der Waals surface area contributed by atoms with Crippen molar-refractivity contribution in [3.8, 4) is 22.4 Å². The minimum Gasteiger partial charge on any atom is -0.244 e. The number of hydrogen-bond acceptors (Lipinski definition) is 2. The summed E-state index contributed by atoms with van der Waals surface area (Å²) in [5.41, 5.74) is 0.802. The van der Waals surface area contributed by atoms with Crippen LogP contribution in [0.5, 0.6) is 0 Å². The number of aromatic nitrogens is 2. The van der Waals surface area contributed by atoms with Crippen LogP contribution in [0, 0.1) is 5.82 Å². The predicted molar refractivity (Wildman–Crippen MR) is 77.9 cm³/mol. The predicted octanol–water partition coefficient (Wildman–Crippen LogP) is 4.97. The van der Waals surface area contributed by atoms with Crippen LogP contribution in [0.1, 0.15) is 5.56 Å². The summed E-state index contributed by atoms with van der Waals surface area (Å²) in [7, 11) is 0. The largest absolute Gasteiger partial charge is 0.416 e. The standard InChI is InChI=1S/C17H10F4N2/c18-15-4-2-1-3-13(15)16-14(9-22-10-23-16)11-5-7-12(8-6-11)17(19,20)21/h1-10H. The summed E-state index contributed by atoms with van der Waals surface area (Å²) in [6.07, 6.45) is -1.67. The van der Waals surface area contributed by atoms with Crippen LogP contribution in [0.4, 0.5) is 17.6 Å². The van der Waals surface area contributed by atoms with Gasteiger partial charge in [-0.15, -0.1) is 0 Å². The summed E-state index contributed by atoms with van der Waals surface area (Å²) in [4.78, 5) is 7.98. The van der Waals surface area contributed by atoms with Gasteiger partial charge in [0.15, 0.2) is 0 Å². The lowest BCUT2D eigenvalue weighted by Gasteiger charge is -2.11. The van der Waals surface area contributed by atoms with E-state index in [1.807, 2.05) is 0 Å². The van der Waals surface area contributed by atoms with Gasteiger partial charge in [0.25, 0.3) is 0 Å². The van der Waals surface area contributed by atoms with Gasteiger partial charge in [-0.1, -0.05) is 24.3 Å². The number of rotatable bonds is 2. The van der Waals surface area contributed by atoms with Gasteiger partial charge in [-0.3, -0.25) is 0 Å². The molecule has 0 saturated heterocycles. The molecule has 0 aliphatic heterocycles. The normalized spacial score (nSPS) is 11.5. The van der Waals surface area contributed by atoms with Crippen LogP contribution in [-0.2, 0) is 6.18 Å². The quantitative estimate of drug-likeness (QED) is 0.624. The van der Waals surface area contributed by atoms with Gasteiger partial charge in [0.05, 0.1) is 11.3 Å². The van der Waals surface area contributed by atoms with Gasteiger partial charge >= 0.3 is 6.18 Å². The minimum absolute atomic E-state index is 0.268. The number of nitrogens with zero attached hydrogens (tertiary/aromatic N) is 2. The zero-order chi connectivity index (χ0) is 16.4. The highest BCUT2D eigenvalue weighted by molar-refractivity contribution is 5.80. The fourth-order valence-corrected chi connectivity index (χ4v) is 2.25. The van der Waals surface area contributed by atoms with Crippen LogP contribution >= 0.6 is 0 Å². The molecule has 0 bridgehead atoms. The molecule has 0 unspecified atom stereocenters. The number of alkyl halides is 3. The molecule has 0 radical (unpaired) electrons. The molecule has 2 aromatic carbocycles. The molecule has 23 heavy (non-hydrogen) atoms. The molecular weight excluding hydrogens is 308 g/mol. The van der Waals surface area contributed by atoms with Crippen molar-refractivity contribution in [1.29, 1.82) is 0 Å². The van der Waals surface area contributed by atoms with Crippen LogP contribution < -0.4 is 0 Å². The van der Waals surface area contributed by atoms with Gasteiger partial charge in [-0.25, -0.2) is 14.4 Å². The third-order valence-electron chi connectivity index (χ3n) is 3.36. The van der Waals surface area contributed by atoms with Gasteiger partial charge in [-0.05, 0) is 29.8 Å². The van der Waals surface area contributed by atoms with E-state index in [2.05, 4.69) is 9.97 Å². The van der Waals surface area contributed by atoms with E-state index in [0.29, 0.717) is 16.8 Å². The lowest BCUT2D eigenvalue weighted by atomic mass is 9.99. The third-order valence-corrected chi connectivity index (χ3v) is 3.36. The van der Waals surface area contributed by atoms with Crippen LogP contribution in [-0.4, -0.2) is 9.97 Å². The molecule has 0 saturated carbocycles. The Kier molecular flexibility index (Phi) is 3.82. The smallest absolute Gasteiger partial charge is 0.244 e. The summed E-state index contributed by atoms with van der Waals surface area (Å²) in [6, 6.07) is 10.7. The lowest BCUT2D eigenvalue weighted by Crippen LogP contribution is -2.04. The Hall–Kier alpha value is -2.76. The average Bonchev–Trinajstić information content (AvgIpc) is 2.55. The summed E-state index contributed by atoms with van der Waals surface area (Å²) in [5.74, 6) is -0.459. The molecule has 0 spiro atoms. The summed E-state index contributed by atoms with van der Waals surface area (Å²) in [6.45, 7) is 0. The highest BCUT2D eigenvalue weighted by atomic mass is 19.4. The lowest BCUT2D eigenvalue weighted by molar-refractivity contribution is -0.137. The third kappa shape index (κ3) is 3.06. The molecule has 0 fully saturated rings. The Bertz CT molecular complexity index is 826. The van der Waals surface area contributed by atoms with Crippen LogP contribution in [0.3, 0.4) is 0 Å². The van der Waals surface area contributed by atoms with E-state index in [9.17, 15) is 17.6 Å². The summed E-state index contributed by atoms with van der Waals surface area (Å²) >= 11 is 0. The van der Waals surface area contributed by atoms with Crippen molar-refractivity contribution >= 4 is 0 Å². The Morgan fingerprint density at radius 3 is 2.17 bits per heavy atom. The number of hydrogen-bond donors (Lipinski definition) is 0. The molecule has 2 nitrogen and oxygen atoms in total. The van der Waals surface area contributed by atoms with Crippen molar-refractivity contribution in [2.24, 2.45) is 0 Å². The highest BCUT2D eigenvalue weighted by Crippen LogP contribution is 2.34. The van der Waals surface area contributed by atoms with E-state index < -0.39 is 17.6 Å². The van der Waals surface area contributed by atoms with Gasteiger partial charge in [0.1, 0.15) is 12.1 Å². The summed E-state index contributed by atoms with van der Waals surface area (Å²) < 4.78 is 51.9. The molecule has 0 amide bonds. The van der Waals surface area contributed by atoms with Gasteiger partial charge < -0.3 is 0 Å². The maximum Gasteiger partial charge on any atom is 0.416 e. The van der Waals surface area contributed by atoms with E-state index in [0.717, 1.165) is 12.1 Å². The SMILES string of the molecule is Fc1ccccc1-c1ncncc1-c1ccc(C(F)(F)F)cc1. The fraction of sp³-hybridized carbons (Fsp3) is 0.0588. The van der Waals surface area contributed by atoms with Crippen molar-refractivity contribution in [2.75, 3.05) is 0 Å². The molecule has 1 aromatic heterocycles. The Labute approximate surface area is 129 Å². The first-order chi connectivity index (χ1) is 11.0. The van der Waals surface area contributed by atoms with E-state index in [-0.39, 0.29) is 5.56 Å². The van der Waals surface area contributed by atoms with Gasteiger partial charge in [-0.2, -0.15) is 13.2 Å². The van der Waals surface area contributed by atoms with Crippen molar-refractivity contribution in [3.05, 3.63) is 72.4 Å². The van der Waals surface area contributed by atoms with Crippen LogP contribution in [0.15, 0.2) is 61.1 Å². The molecule has 0 N–H and O–H groups in total. The van der Waals surface area contributed by atoms with E-state index in [4.69, 9.17) is 0 Å². The van der Waals surface area contributed by atoms with Crippen molar-refractivity contribution < 1.29 is 17.6 Å². The maximum atomic E-state index is 14.0. The molecule has 0 aliphatic rings. The molecule has 3 aromatic rings. The maximum absolute atomic E-state index is 14.0. The van der Waals surface area contributed by atoms with Gasteiger partial charge in [0, 0.05) is 17.3 Å². The minimum atomic E-state index is -4.40. The highest BCUT2D eigenvalue weighted by Gasteiger charge is 2.30. The molecule has 1 heterocycles. The topological polar surface area (TPSA) is 25.8 Å². The van der Waals surface area contributed by atoms with Gasteiger partial charge in [0.2, 0.25) is 0 Å². The number of benzene rings is 2. The van der Waals surface area contributed by atoms with Crippen LogP contribution in [0.25, 0.3) is 22.4 Å². The Morgan fingerprint density at radius 1 is 0.826 bits per heavy atom. The first kappa shape index (κ1) is 15.1. The zero-order valence-corrected chi connectivity index (χ0v) is 11.7. The molecule has 0 aliphatic carbocycles. The van der Waals surface area contributed by atoms with E-state index in [1.54, 1.807) is 18.2 Å². The van der Waals surface area contributed by atoms with E-state index >= 15 is 0 Å². The first-order valence-electron chi connectivity index (χ1n) is 6.69. The molecule has 0 atom stereocenters. The number of halogens is 4. The summed E-state index contributed by atoms with van der Waals surface area (Å²) in [5, 5.41) is 0. The first-order valence-corrected chi connectivity index (χ1v) is 6.69. The fourth-order valence-electron chi connectivity index (χ4n) is 2.25. The second kappa shape index (κ2) is 5.79. The average molecular weight is 318 g/mol. The van der Waals surface area contributed by atoms with Crippen molar-refractivity contribution in [2.45, 2.75) is 6.18 Å².